The molecule has 1 saturated heterocycles. The Balaban J connectivity index is 1.32. The van der Waals surface area contributed by atoms with Gasteiger partial charge in [0, 0.05) is 32.2 Å². The second-order valence-corrected chi connectivity index (χ2v) is 18.2. The number of hydrogen-bond donors (Lipinski definition) is 2. The molecular formula is C39H54F3N5O9S. The first-order valence-electron chi connectivity index (χ1n) is 18.7. The summed E-state index contributed by atoms with van der Waals surface area (Å²) >= 11 is 0. The molecule has 2 heterocycles. The summed E-state index contributed by atoms with van der Waals surface area (Å²) in [6.45, 7) is 13.0. The third kappa shape index (κ3) is 13.5. The highest BCUT2D eigenvalue weighted by atomic mass is 32.2. The topological polar surface area (TPSA) is 165 Å². The van der Waals surface area contributed by atoms with Crippen molar-refractivity contribution in [2.75, 3.05) is 58.8 Å². The number of nitrogens with zero attached hydrogens (tertiary/aromatic N) is 3. The monoisotopic (exact) mass is 825 g/mol. The van der Waals surface area contributed by atoms with Crippen molar-refractivity contribution in [1.82, 2.24) is 20.0 Å². The lowest BCUT2D eigenvalue weighted by Gasteiger charge is -2.34. The first kappa shape index (κ1) is 45.6. The fourth-order valence-corrected chi connectivity index (χ4v) is 7.73. The highest BCUT2D eigenvalue weighted by molar-refractivity contribution is 7.89. The molecule has 2 aromatic rings. The van der Waals surface area contributed by atoms with Crippen LogP contribution in [-0.4, -0.2) is 117 Å². The molecule has 316 valence electrons. The number of benzene rings is 2. The number of hydrogen-bond acceptors (Lipinski definition) is 11. The van der Waals surface area contributed by atoms with Crippen LogP contribution >= 0.6 is 0 Å². The van der Waals surface area contributed by atoms with Crippen LogP contribution in [0.15, 0.2) is 41.4 Å². The summed E-state index contributed by atoms with van der Waals surface area (Å²) < 4.78 is 86.3. The zero-order chi connectivity index (χ0) is 42.4. The van der Waals surface area contributed by atoms with Crippen LogP contribution in [0, 0.1) is 6.92 Å². The Hall–Kier alpha value is -4.10. The number of piperidine rings is 1. The van der Waals surface area contributed by atoms with Gasteiger partial charge in [0.1, 0.15) is 35.9 Å². The lowest BCUT2D eigenvalue weighted by atomic mass is 9.89. The Morgan fingerprint density at radius 2 is 1.67 bits per heavy atom. The van der Waals surface area contributed by atoms with Crippen LogP contribution in [0.25, 0.3) is 0 Å². The number of aryl methyl sites for hydroxylation is 2. The van der Waals surface area contributed by atoms with E-state index in [1.807, 2.05) is 20.8 Å². The molecule has 0 saturated carbocycles. The van der Waals surface area contributed by atoms with Crippen molar-refractivity contribution in [2.45, 2.75) is 90.6 Å². The largest absolute Gasteiger partial charge is 0.491 e. The maximum Gasteiger partial charge on any atom is 0.416 e. The number of hydroxylamine groups is 2. The van der Waals surface area contributed by atoms with Gasteiger partial charge in [-0.2, -0.15) is 18.2 Å². The van der Waals surface area contributed by atoms with E-state index in [1.165, 1.54) is 15.4 Å². The smallest absolute Gasteiger partial charge is 0.416 e. The van der Waals surface area contributed by atoms with Gasteiger partial charge in [-0.05, 0) is 109 Å². The second kappa shape index (κ2) is 18.2. The van der Waals surface area contributed by atoms with Crippen molar-refractivity contribution in [3.8, 4) is 5.75 Å². The molecule has 0 bridgehead atoms. The van der Waals surface area contributed by atoms with Gasteiger partial charge in [0.2, 0.25) is 15.9 Å². The molecule has 1 fully saturated rings. The minimum absolute atomic E-state index is 0.00754. The number of nitrogens with one attached hydrogen (secondary N) is 2. The van der Waals surface area contributed by atoms with Crippen LogP contribution in [0.3, 0.4) is 0 Å². The van der Waals surface area contributed by atoms with Crippen LogP contribution in [-0.2, 0) is 46.5 Å². The molecule has 2 aliphatic rings. The van der Waals surface area contributed by atoms with Gasteiger partial charge in [-0.15, -0.1) is 0 Å². The molecule has 4 rings (SSSR count). The molecule has 1 spiro atoms. The molecule has 18 heteroatoms. The van der Waals surface area contributed by atoms with E-state index in [0.717, 1.165) is 23.3 Å². The van der Waals surface area contributed by atoms with Gasteiger partial charge in [-0.3, -0.25) is 19.4 Å². The van der Waals surface area contributed by atoms with Crippen LogP contribution < -0.4 is 15.4 Å². The number of carbonyl (C=O) groups is 3. The van der Waals surface area contributed by atoms with Gasteiger partial charge >= 0.3 is 12.1 Å². The molecule has 2 N–H and O–H groups in total. The predicted octanol–water partition coefficient (Wildman–Crippen LogP) is 4.43. The van der Waals surface area contributed by atoms with E-state index in [1.54, 1.807) is 52.9 Å². The quantitative estimate of drug-likeness (QED) is 0.141. The standard InChI is InChI=1S/C39H54F3N5O9S/c1-26-21-28(34(49)55-36(2,3)4)10-9-27(26)11-20-57(51,52)47-15-12-38(13-16-47)35(50)44-33(45-38)29-22-30(39(40,41)42)24-31(23-29)54-19-18-53-17-14-43-32(48)25-46(8)56-37(5,6)7/h9-10,21-24H,11-20,25H2,1-8H3,(H,43,48)(H,44,45,50). The lowest BCUT2D eigenvalue weighted by molar-refractivity contribution is -0.213. The number of ether oxygens (including phenoxy) is 3. The average Bonchev–Trinajstić information content (AvgIpc) is 3.39. The summed E-state index contributed by atoms with van der Waals surface area (Å²) in [5.41, 5.74) is -1.60. The van der Waals surface area contributed by atoms with Gasteiger partial charge in [0.15, 0.2) is 0 Å². The predicted molar refractivity (Wildman–Crippen MR) is 206 cm³/mol. The number of rotatable bonds is 16. The maximum atomic E-state index is 13.9. The summed E-state index contributed by atoms with van der Waals surface area (Å²) in [4.78, 5) is 47.9. The summed E-state index contributed by atoms with van der Waals surface area (Å²) in [7, 11) is -2.11. The number of aliphatic imine (C=N–C) groups is 1. The molecule has 0 atom stereocenters. The number of halogens is 3. The van der Waals surface area contributed by atoms with Gasteiger partial charge in [-0.25, -0.2) is 17.5 Å². The van der Waals surface area contributed by atoms with E-state index in [9.17, 15) is 36.0 Å². The van der Waals surface area contributed by atoms with E-state index in [2.05, 4.69) is 15.6 Å². The van der Waals surface area contributed by atoms with Crippen molar-refractivity contribution in [3.05, 3.63) is 64.2 Å². The van der Waals surface area contributed by atoms with Crippen LogP contribution in [0.4, 0.5) is 13.2 Å². The number of amides is 2. The van der Waals surface area contributed by atoms with E-state index < -0.39 is 50.4 Å². The van der Waals surface area contributed by atoms with Gasteiger partial charge in [0.25, 0.3) is 5.91 Å². The lowest BCUT2D eigenvalue weighted by Crippen LogP contribution is -2.50. The minimum Gasteiger partial charge on any atom is -0.491 e. The highest BCUT2D eigenvalue weighted by Crippen LogP contribution is 2.36. The maximum absolute atomic E-state index is 13.9. The summed E-state index contributed by atoms with van der Waals surface area (Å²) in [5.74, 6) is -1.66. The Labute approximate surface area is 332 Å². The zero-order valence-electron chi connectivity index (χ0n) is 33.8. The normalized spacial score (nSPS) is 16.4. The first-order valence-corrected chi connectivity index (χ1v) is 20.3. The zero-order valence-corrected chi connectivity index (χ0v) is 34.6. The minimum atomic E-state index is -4.73. The fourth-order valence-electron chi connectivity index (χ4n) is 6.26. The summed E-state index contributed by atoms with van der Waals surface area (Å²) in [6.07, 6.45) is -4.46. The first-order chi connectivity index (χ1) is 26.4. The molecule has 2 aromatic carbocycles. The Morgan fingerprint density at radius 3 is 2.28 bits per heavy atom. The number of sulfonamides is 1. The molecule has 0 radical (unpaired) electrons. The number of amidine groups is 1. The van der Waals surface area contributed by atoms with Crippen molar-refractivity contribution in [1.29, 1.82) is 0 Å². The molecule has 0 aliphatic carbocycles. The molecule has 14 nitrogen and oxygen atoms in total. The molecule has 2 aliphatic heterocycles. The van der Waals surface area contributed by atoms with Crippen LogP contribution in [0.1, 0.15) is 87.0 Å². The molecule has 57 heavy (non-hydrogen) atoms. The van der Waals surface area contributed by atoms with E-state index >= 15 is 0 Å². The van der Waals surface area contributed by atoms with Crippen molar-refractivity contribution >= 4 is 33.6 Å². The number of alkyl halides is 3. The highest BCUT2D eigenvalue weighted by Gasteiger charge is 2.48. The third-order valence-electron chi connectivity index (χ3n) is 8.90. The van der Waals surface area contributed by atoms with E-state index in [4.69, 9.17) is 19.0 Å². The molecule has 0 aromatic heterocycles. The van der Waals surface area contributed by atoms with Gasteiger partial charge in [0.05, 0.1) is 35.7 Å². The Kier molecular flexibility index (Phi) is 14.6. The van der Waals surface area contributed by atoms with Gasteiger partial charge < -0.3 is 24.8 Å². The Morgan fingerprint density at radius 1 is 0.982 bits per heavy atom. The number of carbonyl (C=O) groups excluding carboxylic acids is 3. The third-order valence-corrected chi connectivity index (χ3v) is 10.8. The molecular weight excluding hydrogens is 772 g/mol. The Bertz CT molecular complexity index is 1920. The van der Waals surface area contributed by atoms with E-state index in [-0.39, 0.29) is 94.1 Å². The van der Waals surface area contributed by atoms with Crippen molar-refractivity contribution in [2.24, 2.45) is 4.99 Å². The summed E-state index contributed by atoms with van der Waals surface area (Å²) in [5, 5.41) is 6.72. The average molecular weight is 826 g/mol. The molecule has 0 unspecified atom stereocenters. The number of likely N-dealkylation sites (N-methyl/N-ethyl adjacent to an activating group) is 1. The van der Waals surface area contributed by atoms with Gasteiger partial charge in [-0.1, -0.05) is 6.07 Å². The van der Waals surface area contributed by atoms with Crippen LogP contribution in [0.2, 0.25) is 0 Å². The van der Waals surface area contributed by atoms with Crippen molar-refractivity contribution in [3.63, 3.8) is 0 Å². The van der Waals surface area contributed by atoms with E-state index in [0.29, 0.717) is 5.56 Å². The van der Waals surface area contributed by atoms with Crippen molar-refractivity contribution < 1.29 is 55.0 Å². The SMILES string of the molecule is Cc1cc(C(=O)OC(C)(C)C)ccc1CCS(=O)(=O)N1CCC2(CC1)N=C(c1cc(OCCOCCNC(=O)CN(C)OC(C)(C)C)cc(C(F)(F)F)c1)NC2=O. The number of esters is 1. The molecule has 2 amide bonds. The second-order valence-electron chi connectivity index (χ2n) is 16.1. The van der Waals surface area contributed by atoms with Crippen LogP contribution in [0.5, 0.6) is 5.75 Å². The fraction of sp³-hybridized carbons (Fsp3) is 0.590. The summed E-state index contributed by atoms with van der Waals surface area (Å²) in [6, 6.07) is 8.03.